The Balaban J connectivity index is 2.80. The van der Waals surface area contributed by atoms with E-state index < -0.39 is 11.0 Å². The molecule has 92 valence electrons. The first-order valence-corrected chi connectivity index (χ1v) is 5.21. The Kier molecular flexibility index (Phi) is 4.03. The smallest absolute Gasteiger partial charge is 0.315 e. The summed E-state index contributed by atoms with van der Waals surface area (Å²) < 4.78 is 0. The third-order valence-corrected chi connectivity index (χ3v) is 2.41. The summed E-state index contributed by atoms with van der Waals surface area (Å²) in [6, 6.07) is 5.55. The van der Waals surface area contributed by atoms with Gasteiger partial charge in [0, 0.05) is 24.7 Å². The molecular formula is C11H15N3O3. The van der Waals surface area contributed by atoms with Crippen LogP contribution >= 0.6 is 0 Å². The summed E-state index contributed by atoms with van der Waals surface area (Å²) in [5.41, 5.74) is 6.08. The zero-order chi connectivity index (χ0) is 13.0. The molecule has 6 nitrogen and oxygen atoms in total. The lowest BCUT2D eigenvalue weighted by atomic mass is 10.2. The lowest BCUT2D eigenvalue weighted by Gasteiger charge is -2.24. The molecule has 2 amide bonds. The second-order valence-corrected chi connectivity index (χ2v) is 3.98. The van der Waals surface area contributed by atoms with Crippen LogP contribution in [0.1, 0.15) is 19.4 Å². The highest BCUT2D eigenvalue weighted by atomic mass is 16.6. The van der Waals surface area contributed by atoms with E-state index in [0.717, 1.165) is 5.56 Å². The maximum absolute atomic E-state index is 11.2. The molecule has 0 spiro atoms. The van der Waals surface area contributed by atoms with Gasteiger partial charge in [-0.05, 0) is 19.4 Å². The summed E-state index contributed by atoms with van der Waals surface area (Å²) in [7, 11) is 0. The largest absolute Gasteiger partial charge is 0.351 e. The predicted octanol–water partition coefficient (Wildman–Crippen LogP) is 1.88. The fraction of sp³-hybridized carbons (Fsp3) is 0.364. The highest BCUT2D eigenvalue weighted by Gasteiger charge is 2.14. The van der Waals surface area contributed by atoms with Crippen molar-refractivity contribution in [3.63, 3.8) is 0 Å². The van der Waals surface area contributed by atoms with Crippen molar-refractivity contribution >= 4 is 11.7 Å². The number of non-ortho nitro benzene ring substituents is 1. The third kappa shape index (κ3) is 3.44. The van der Waals surface area contributed by atoms with Crippen LogP contribution in [-0.4, -0.2) is 21.9 Å². The van der Waals surface area contributed by atoms with Crippen LogP contribution in [0.25, 0.3) is 0 Å². The van der Waals surface area contributed by atoms with E-state index in [9.17, 15) is 14.9 Å². The number of nitrogens with zero attached hydrogens (tertiary/aromatic N) is 2. The van der Waals surface area contributed by atoms with Crippen molar-refractivity contribution in [3.05, 3.63) is 39.9 Å². The third-order valence-electron chi connectivity index (χ3n) is 2.41. The Hall–Kier alpha value is -2.11. The molecule has 6 heteroatoms. The number of carbonyl (C=O) groups is 1. The van der Waals surface area contributed by atoms with Crippen LogP contribution in [0.2, 0.25) is 0 Å². The highest BCUT2D eigenvalue weighted by Crippen LogP contribution is 2.14. The van der Waals surface area contributed by atoms with Crippen LogP contribution in [0, 0.1) is 10.1 Å². The van der Waals surface area contributed by atoms with Crippen LogP contribution in [0.4, 0.5) is 10.5 Å². The molecule has 1 aromatic rings. The van der Waals surface area contributed by atoms with Gasteiger partial charge in [0.05, 0.1) is 4.92 Å². The number of hydrogen-bond acceptors (Lipinski definition) is 3. The minimum atomic E-state index is -0.502. The molecule has 0 heterocycles. The Morgan fingerprint density at radius 1 is 1.41 bits per heavy atom. The average molecular weight is 237 g/mol. The molecule has 1 rings (SSSR count). The number of nitro groups is 1. The van der Waals surface area contributed by atoms with Crippen LogP contribution in [0.15, 0.2) is 24.3 Å². The molecule has 0 aliphatic heterocycles. The van der Waals surface area contributed by atoms with E-state index in [0.29, 0.717) is 6.54 Å². The van der Waals surface area contributed by atoms with E-state index in [1.165, 1.54) is 17.0 Å². The van der Waals surface area contributed by atoms with E-state index in [1.54, 1.807) is 12.1 Å². The first-order chi connectivity index (χ1) is 7.91. The molecule has 0 aliphatic rings. The van der Waals surface area contributed by atoms with E-state index in [-0.39, 0.29) is 11.7 Å². The molecule has 0 bridgehead atoms. The van der Waals surface area contributed by atoms with Gasteiger partial charge in [-0.25, -0.2) is 4.79 Å². The van der Waals surface area contributed by atoms with Gasteiger partial charge in [-0.1, -0.05) is 12.1 Å². The molecule has 1 aromatic carbocycles. The van der Waals surface area contributed by atoms with Gasteiger partial charge in [0.2, 0.25) is 0 Å². The second kappa shape index (κ2) is 5.29. The van der Waals surface area contributed by atoms with Crippen molar-refractivity contribution in [2.75, 3.05) is 0 Å². The lowest BCUT2D eigenvalue weighted by molar-refractivity contribution is -0.384. The summed E-state index contributed by atoms with van der Waals surface area (Å²) in [6.45, 7) is 4.07. The number of urea groups is 1. The standard InChI is InChI=1S/C11H15N3O3/c1-8(2)13(11(12)15)7-9-3-5-10(6-4-9)14(16)17/h3-6,8H,7H2,1-2H3,(H2,12,15). The predicted molar refractivity (Wildman–Crippen MR) is 63.4 cm³/mol. The van der Waals surface area contributed by atoms with Gasteiger partial charge >= 0.3 is 6.03 Å². The van der Waals surface area contributed by atoms with Gasteiger partial charge in [0.25, 0.3) is 5.69 Å². The van der Waals surface area contributed by atoms with Crippen LogP contribution in [-0.2, 0) is 6.54 Å². The van der Waals surface area contributed by atoms with E-state index >= 15 is 0 Å². The first-order valence-electron chi connectivity index (χ1n) is 5.21. The van der Waals surface area contributed by atoms with Crippen LogP contribution in [0.3, 0.4) is 0 Å². The van der Waals surface area contributed by atoms with Gasteiger partial charge in [0.1, 0.15) is 0 Å². The molecule has 2 N–H and O–H groups in total. The van der Waals surface area contributed by atoms with Crippen molar-refractivity contribution < 1.29 is 9.72 Å². The average Bonchev–Trinajstić information content (AvgIpc) is 2.25. The number of primary amides is 1. The number of benzene rings is 1. The molecule has 0 atom stereocenters. The molecule has 17 heavy (non-hydrogen) atoms. The minimum absolute atomic E-state index is 0.0114. The van der Waals surface area contributed by atoms with Gasteiger partial charge in [-0.3, -0.25) is 10.1 Å². The fourth-order valence-electron chi connectivity index (χ4n) is 1.43. The maximum Gasteiger partial charge on any atom is 0.315 e. The quantitative estimate of drug-likeness (QED) is 0.640. The molecule has 0 aliphatic carbocycles. The zero-order valence-corrected chi connectivity index (χ0v) is 9.79. The van der Waals surface area contributed by atoms with Crippen LogP contribution < -0.4 is 5.73 Å². The number of amides is 2. The number of rotatable bonds is 4. The van der Waals surface area contributed by atoms with E-state index in [2.05, 4.69) is 0 Å². The SMILES string of the molecule is CC(C)N(Cc1ccc([N+](=O)[O-])cc1)C(N)=O. The van der Waals surface area contributed by atoms with Crippen molar-refractivity contribution in [1.82, 2.24) is 4.90 Å². The number of nitro benzene ring substituents is 1. The van der Waals surface area contributed by atoms with Crippen molar-refractivity contribution in [1.29, 1.82) is 0 Å². The summed E-state index contributed by atoms with van der Waals surface area (Å²) in [6.07, 6.45) is 0. The van der Waals surface area contributed by atoms with E-state index in [4.69, 9.17) is 5.73 Å². The Labute approximate surface area is 99.2 Å². The van der Waals surface area contributed by atoms with E-state index in [1.807, 2.05) is 13.8 Å². The van der Waals surface area contributed by atoms with Gasteiger partial charge in [-0.15, -0.1) is 0 Å². The molecule has 0 aromatic heterocycles. The van der Waals surface area contributed by atoms with Crippen molar-refractivity contribution in [2.24, 2.45) is 5.73 Å². The van der Waals surface area contributed by atoms with Crippen LogP contribution in [0.5, 0.6) is 0 Å². The monoisotopic (exact) mass is 237 g/mol. The van der Waals surface area contributed by atoms with Crippen molar-refractivity contribution in [3.8, 4) is 0 Å². The Bertz CT molecular complexity index is 414. The topological polar surface area (TPSA) is 89.5 Å². The number of nitrogens with two attached hydrogens (primary N) is 1. The summed E-state index contributed by atoms with van der Waals surface area (Å²) in [4.78, 5) is 22.7. The molecule has 0 saturated carbocycles. The molecule has 0 radical (unpaired) electrons. The maximum atomic E-state index is 11.2. The lowest BCUT2D eigenvalue weighted by Crippen LogP contribution is -2.40. The summed E-state index contributed by atoms with van der Waals surface area (Å²) in [5, 5.41) is 10.5. The summed E-state index contributed by atoms with van der Waals surface area (Å²) >= 11 is 0. The van der Waals surface area contributed by atoms with Crippen molar-refractivity contribution in [2.45, 2.75) is 26.4 Å². The molecule has 0 unspecified atom stereocenters. The fourth-order valence-corrected chi connectivity index (χ4v) is 1.43. The number of hydrogen-bond donors (Lipinski definition) is 1. The highest BCUT2D eigenvalue weighted by molar-refractivity contribution is 5.72. The molecular weight excluding hydrogens is 222 g/mol. The normalized spacial score (nSPS) is 10.3. The van der Waals surface area contributed by atoms with Gasteiger partial charge in [-0.2, -0.15) is 0 Å². The Morgan fingerprint density at radius 3 is 2.29 bits per heavy atom. The zero-order valence-electron chi connectivity index (χ0n) is 9.79. The Morgan fingerprint density at radius 2 is 1.94 bits per heavy atom. The second-order valence-electron chi connectivity index (χ2n) is 3.98. The summed E-state index contributed by atoms with van der Waals surface area (Å²) in [5.74, 6) is 0. The van der Waals surface area contributed by atoms with Gasteiger partial charge in [0.15, 0.2) is 0 Å². The first kappa shape index (κ1) is 13.0. The van der Waals surface area contributed by atoms with Gasteiger partial charge < -0.3 is 10.6 Å². The molecule has 0 saturated heterocycles. The minimum Gasteiger partial charge on any atom is -0.351 e. The molecule has 0 fully saturated rings. The number of carbonyl (C=O) groups excluding carboxylic acids is 1.